The third-order valence-corrected chi connectivity index (χ3v) is 5.39. The first kappa shape index (κ1) is 17.7. The number of carbonyl (C=O) groups is 2. The van der Waals surface area contributed by atoms with Crippen molar-refractivity contribution in [1.82, 2.24) is 10.2 Å². The van der Waals surface area contributed by atoms with E-state index in [0.717, 1.165) is 37.8 Å². The van der Waals surface area contributed by atoms with Crippen molar-refractivity contribution >= 4 is 17.6 Å². The SMILES string of the molecule is NCC1CCCC1NC(=O)C1CCCN(C(=O)Nc2ccccc2)C1. The number of para-hydroxylation sites is 1. The minimum Gasteiger partial charge on any atom is -0.353 e. The van der Waals surface area contributed by atoms with E-state index in [1.165, 1.54) is 0 Å². The summed E-state index contributed by atoms with van der Waals surface area (Å²) in [5.41, 5.74) is 6.57. The van der Waals surface area contributed by atoms with E-state index in [0.29, 0.717) is 25.6 Å². The maximum absolute atomic E-state index is 12.6. The van der Waals surface area contributed by atoms with E-state index < -0.39 is 0 Å². The Morgan fingerprint density at radius 2 is 1.92 bits per heavy atom. The van der Waals surface area contributed by atoms with Gasteiger partial charge in [-0.2, -0.15) is 0 Å². The Kier molecular flexibility index (Phi) is 5.91. The molecule has 1 aliphatic carbocycles. The topological polar surface area (TPSA) is 87.5 Å². The molecule has 2 fully saturated rings. The molecule has 1 heterocycles. The molecule has 2 aliphatic rings. The largest absolute Gasteiger partial charge is 0.353 e. The minimum atomic E-state index is -0.135. The molecule has 6 heteroatoms. The second-order valence-electron chi connectivity index (χ2n) is 7.12. The summed E-state index contributed by atoms with van der Waals surface area (Å²) < 4.78 is 0. The van der Waals surface area contributed by atoms with Gasteiger partial charge in [-0.25, -0.2) is 4.79 Å². The summed E-state index contributed by atoms with van der Waals surface area (Å²) in [5, 5.41) is 6.08. The van der Waals surface area contributed by atoms with Crippen molar-refractivity contribution in [3.05, 3.63) is 30.3 Å². The molecule has 4 N–H and O–H groups in total. The van der Waals surface area contributed by atoms with Gasteiger partial charge in [-0.3, -0.25) is 4.79 Å². The summed E-state index contributed by atoms with van der Waals surface area (Å²) in [5.74, 6) is 0.335. The highest BCUT2D eigenvalue weighted by atomic mass is 16.2. The standard InChI is InChI=1S/C19H28N4O2/c20-12-14-6-4-10-17(14)22-18(24)15-7-5-11-23(13-15)19(25)21-16-8-2-1-3-9-16/h1-3,8-9,14-15,17H,4-7,10-13,20H2,(H,21,25)(H,22,24). The molecule has 1 aromatic rings. The summed E-state index contributed by atoms with van der Waals surface area (Å²) in [6.45, 7) is 1.79. The van der Waals surface area contributed by atoms with E-state index >= 15 is 0 Å². The summed E-state index contributed by atoms with van der Waals surface area (Å²) in [4.78, 5) is 26.8. The number of nitrogens with zero attached hydrogens (tertiary/aromatic N) is 1. The van der Waals surface area contributed by atoms with E-state index in [2.05, 4.69) is 10.6 Å². The van der Waals surface area contributed by atoms with Crippen molar-refractivity contribution in [2.75, 3.05) is 25.0 Å². The third-order valence-electron chi connectivity index (χ3n) is 5.39. The number of hydrogen-bond donors (Lipinski definition) is 3. The molecule has 0 radical (unpaired) electrons. The first-order chi connectivity index (χ1) is 12.2. The first-order valence-electron chi connectivity index (χ1n) is 9.29. The predicted molar refractivity (Wildman–Crippen MR) is 98.1 cm³/mol. The van der Waals surface area contributed by atoms with Gasteiger partial charge in [-0.15, -0.1) is 0 Å². The number of piperidine rings is 1. The van der Waals surface area contributed by atoms with Crippen molar-refractivity contribution in [3.63, 3.8) is 0 Å². The highest BCUT2D eigenvalue weighted by Crippen LogP contribution is 2.26. The van der Waals surface area contributed by atoms with Gasteiger partial charge in [-0.05, 0) is 50.3 Å². The number of urea groups is 1. The maximum Gasteiger partial charge on any atom is 0.321 e. The van der Waals surface area contributed by atoms with Crippen LogP contribution < -0.4 is 16.4 Å². The van der Waals surface area contributed by atoms with Crippen LogP contribution in [0.4, 0.5) is 10.5 Å². The summed E-state index contributed by atoms with van der Waals surface area (Å²) in [6.07, 6.45) is 4.92. The third kappa shape index (κ3) is 4.51. The van der Waals surface area contributed by atoms with Gasteiger partial charge >= 0.3 is 6.03 Å². The van der Waals surface area contributed by atoms with Crippen molar-refractivity contribution in [2.45, 2.75) is 38.1 Å². The molecule has 0 aromatic heterocycles. The Morgan fingerprint density at radius 1 is 1.12 bits per heavy atom. The maximum atomic E-state index is 12.6. The smallest absolute Gasteiger partial charge is 0.321 e. The normalized spacial score (nSPS) is 26.3. The van der Waals surface area contributed by atoms with Gasteiger partial charge in [-0.1, -0.05) is 24.6 Å². The molecule has 3 atom stereocenters. The van der Waals surface area contributed by atoms with Crippen molar-refractivity contribution < 1.29 is 9.59 Å². The number of nitrogens with two attached hydrogens (primary N) is 1. The van der Waals surface area contributed by atoms with E-state index in [-0.39, 0.29) is 23.9 Å². The zero-order valence-electron chi connectivity index (χ0n) is 14.6. The zero-order valence-corrected chi connectivity index (χ0v) is 14.6. The average Bonchev–Trinajstić information content (AvgIpc) is 3.09. The van der Waals surface area contributed by atoms with Crippen LogP contribution in [0.25, 0.3) is 0 Å². The van der Waals surface area contributed by atoms with E-state index in [1.807, 2.05) is 30.3 Å². The van der Waals surface area contributed by atoms with Crippen LogP contribution in [0.5, 0.6) is 0 Å². The number of carbonyl (C=O) groups excluding carboxylic acids is 2. The van der Waals surface area contributed by atoms with Gasteiger partial charge in [0.1, 0.15) is 0 Å². The second-order valence-corrected chi connectivity index (χ2v) is 7.12. The van der Waals surface area contributed by atoms with Crippen LogP contribution in [0.15, 0.2) is 30.3 Å². The van der Waals surface area contributed by atoms with E-state index in [9.17, 15) is 9.59 Å². The van der Waals surface area contributed by atoms with Crippen molar-refractivity contribution in [1.29, 1.82) is 0 Å². The Labute approximate surface area is 149 Å². The molecular formula is C19H28N4O2. The lowest BCUT2D eigenvalue weighted by molar-refractivity contribution is -0.127. The van der Waals surface area contributed by atoms with Crippen LogP contribution in [0.3, 0.4) is 0 Å². The summed E-state index contributed by atoms with van der Waals surface area (Å²) in [7, 11) is 0. The van der Waals surface area contributed by atoms with Gasteiger partial charge in [0.2, 0.25) is 5.91 Å². The molecule has 0 bridgehead atoms. The molecule has 1 saturated carbocycles. The van der Waals surface area contributed by atoms with Crippen LogP contribution in [-0.2, 0) is 4.79 Å². The molecule has 3 rings (SSSR count). The molecule has 0 spiro atoms. The second kappa shape index (κ2) is 8.34. The van der Waals surface area contributed by atoms with E-state index in [1.54, 1.807) is 4.90 Å². The van der Waals surface area contributed by atoms with Gasteiger partial charge in [0.05, 0.1) is 5.92 Å². The Balaban J connectivity index is 1.53. The monoisotopic (exact) mass is 344 g/mol. The fourth-order valence-electron chi connectivity index (χ4n) is 3.91. The Bertz CT molecular complexity index is 592. The minimum absolute atomic E-state index is 0.0718. The van der Waals surface area contributed by atoms with Crippen LogP contribution in [0.1, 0.15) is 32.1 Å². The molecule has 1 saturated heterocycles. The van der Waals surface area contributed by atoms with Crippen LogP contribution in [-0.4, -0.2) is 42.5 Å². The van der Waals surface area contributed by atoms with Crippen LogP contribution >= 0.6 is 0 Å². The van der Waals surface area contributed by atoms with Gasteiger partial charge < -0.3 is 21.3 Å². The number of benzene rings is 1. The van der Waals surface area contributed by atoms with E-state index in [4.69, 9.17) is 5.73 Å². The van der Waals surface area contributed by atoms with Crippen LogP contribution in [0, 0.1) is 11.8 Å². The number of hydrogen-bond acceptors (Lipinski definition) is 3. The van der Waals surface area contributed by atoms with Crippen LogP contribution in [0.2, 0.25) is 0 Å². The van der Waals surface area contributed by atoms with Gasteiger partial charge in [0.25, 0.3) is 0 Å². The summed E-state index contributed by atoms with van der Waals surface area (Å²) in [6, 6.07) is 9.47. The molecule has 136 valence electrons. The number of likely N-dealkylation sites (tertiary alicyclic amines) is 1. The number of nitrogens with one attached hydrogen (secondary N) is 2. The average molecular weight is 344 g/mol. The fourth-order valence-corrected chi connectivity index (χ4v) is 3.91. The lowest BCUT2D eigenvalue weighted by atomic mass is 9.96. The van der Waals surface area contributed by atoms with Crippen molar-refractivity contribution in [3.8, 4) is 0 Å². The molecule has 3 unspecified atom stereocenters. The lowest BCUT2D eigenvalue weighted by Crippen LogP contribution is -2.49. The molecule has 1 aromatic carbocycles. The molecule has 1 aliphatic heterocycles. The lowest BCUT2D eigenvalue weighted by Gasteiger charge is -2.33. The fraction of sp³-hybridized carbons (Fsp3) is 0.579. The summed E-state index contributed by atoms with van der Waals surface area (Å²) >= 11 is 0. The predicted octanol–water partition coefficient (Wildman–Crippen LogP) is 2.17. The quantitative estimate of drug-likeness (QED) is 0.782. The molecule has 6 nitrogen and oxygen atoms in total. The first-order valence-corrected chi connectivity index (χ1v) is 9.29. The number of amides is 3. The van der Waals surface area contributed by atoms with Gasteiger partial charge in [0, 0.05) is 24.8 Å². The Morgan fingerprint density at radius 3 is 2.68 bits per heavy atom. The number of anilines is 1. The zero-order chi connectivity index (χ0) is 17.6. The Hall–Kier alpha value is -2.08. The number of rotatable bonds is 4. The van der Waals surface area contributed by atoms with Crippen molar-refractivity contribution in [2.24, 2.45) is 17.6 Å². The highest BCUT2D eigenvalue weighted by Gasteiger charge is 2.32. The highest BCUT2D eigenvalue weighted by molar-refractivity contribution is 5.90. The molecule has 3 amide bonds. The molecule has 25 heavy (non-hydrogen) atoms. The molecular weight excluding hydrogens is 316 g/mol. The van der Waals surface area contributed by atoms with Gasteiger partial charge in [0.15, 0.2) is 0 Å².